The number of ether oxygens (including phenoxy) is 2. The first-order valence-electron chi connectivity index (χ1n) is 8.17. The summed E-state index contributed by atoms with van der Waals surface area (Å²) in [6.45, 7) is 0.374. The Hall–Kier alpha value is -2.61. The van der Waals surface area contributed by atoms with Crippen LogP contribution in [-0.2, 0) is 22.1 Å². The van der Waals surface area contributed by atoms with Crippen LogP contribution >= 0.6 is 0 Å². The zero-order chi connectivity index (χ0) is 19.9. The normalized spacial score (nSPS) is 11.3. The molecule has 2 rings (SSSR count). The third kappa shape index (κ3) is 6.56. The van der Waals surface area contributed by atoms with Crippen LogP contribution in [0.1, 0.15) is 17.5 Å². The Bertz CT molecular complexity index is 761. The second-order valence-electron chi connectivity index (χ2n) is 5.72. The van der Waals surface area contributed by atoms with Gasteiger partial charge in [-0.05, 0) is 42.3 Å². The lowest BCUT2D eigenvalue weighted by Crippen LogP contribution is -2.15. The topological polar surface area (TPSA) is 47.6 Å². The molecule has 0 aromatic heterocycles. The summed E-state index contributed by atoms with van der Waals surface area (Å²) in [5, 5.41) is 2.45. The number of alkyl halides is 3. The molecule has 8 heteroatoms. The van der Waals surface area contributed by atoms with Gasteiger partial charge in [0.05, 0.1) is 17.9 Å². The van der Waals surface area contributed by atoms with Crippen molar-refractivity contribution in [1.29, 1.82) is 0 Å². The van der Waals surface area contributed by atoms with Crippen molar-refractivity contribution in [1.82, 2.24) is 0 Å². The number of carbonyl (C=O) groups excluding carboxylic acids is 1. The highest BCUT2D eigenvalue weighted by Gasteiger charge is 2.31. The van der Waals surface area contributed by atoms with Crippen LogP contribution in [0.2, 0.25) is 0 Å². The molecule has 2 aromatic carbocycles. The molecular weight excluding hydrogens is 366 g/mol. The van der Waals surface area contributed by atoms with Crippen LogP contribution in [0.25, 0.3) is 0 Å². The zero-order valence-electron chi connectivity index (χ0n) is 14.6. The average molecular weight is 385 g/mol. The maximum absolute atomic E-state index is 12.9. The van der Waals surface area contributed by atoms with Crippen molar-refractivity contribution in [2.75, 3.05) is 25.6 Å². The Morgan fingerprint density at radius 2 is 1.78 bits per heavy atom. The Morgan fingerprint density at radius 3 is 2.41 bits per heavy atom. The van der Waals surface area contributed by atoms with Crippen LogP contribution in [0.3, 0.4) is 0 Å². The SMILES string of the molecule is COCCOc1ccc(C(F)(F)F)cc1NC(=O)CCc1ccc(F)cc1. The Morgan fingerprint density at radius 1 is 1.07 bits per heavy atom. The minimum atomic E-state index is -4.54. The Balaban J connectivity index is 2.08. The molecule has 0 saturated carbocycles. The lowest BCUT2D eigenvalue weighted by molar-refractivity contribution is -0.137. The van der Waals surface area contributed by atoms with E-state index in [0.717, 1.165) is 23.8 Å². The number of benzene rings is 2. The minimum Gasteiger partial charge on any atom is -0.489 e. The maximum Gasteiger partial charge on any atom is 0.416 e. The van der Waals surface area contributed by atoms with Gasteiger partial charge in [0.1, 0.15) is 18.2 Å². The molecule has 2 aromatic rings. The first kappa shape index (κ1) is 20.7. The van der Waals surface area contributed by atoms with Crippen molar-refractivity contribution < 1.29 is 31.8 Å². The molecule has 0 unspecified atom stereocenters. The quantitative estimate of drug-likeness (QED) is 0.540. The van der Waals surface area contributed by atoms with E-state index in [-0.39, 0.29) is 36.9 Å². The fraction of sp³-hybridized carbons (Fsp3) is 0.316. The number of nitrogens with one attached hydrogen (secondary N) is 1. The summed E-state index contributed by atoms with van der Waals surface area (Å²) in [6.07, 6.45) is -4.19. The molecule has 1 N–H and O–H groups in total. The van der Waals surface area contributed by atoms with E-state index in [1.165, 1.54) is 19.2 Å². The molecule has 1 amide bonds. The van der Waals surface area contributed by atoms with Crippen molar-refractivity contribution in [3.63, 3.8) is 0 Å². The standard InChI is InChI=1S/C19H19F4NO3/c1-26-10-11-27-17-8-5-14(19(21,22)23)12-16(17)24-18(25)9-4-13-2-6-15(20)7-3-13/h2-3,5-8,12H,4,9-11H2,1H3,(H,24,25). The van der Waals surface area contributed by atoms with E-state index < -0.39 is 17.6 Å². The van der Waals surface area contributed by atoms with E-state index in [1.807, 2.05) is 0 Å². The van der Waals surface area contributed by atoms with Crippen molar-refractivity contribution in [2.45, 2.75) is 19.0 Å². The molecule has 146 valence electrons. The van der Waals surface area contributed by atoms with Gasteiger partial charge in [0, 0.05) is 13.5 Å². The maximum atomic E-state index is 12.9. The van der Waals surface area contributed by atoms with Gasteiger partial charge in [-0.3, -0.25) is 4.79 Å². The van der Waals surface area contributed by atoms with Gasteiger partial charge in [0.15, 0.2) is 0 Å². The summed E-state index contributed by atoms with van der Waals surface area (Å²) in [4.78, 5) is 12.1. The molecule has 0 saturated heterocycles. The van der Waals surface area contributed by atoms with Crippen LogP contribution in [0.4, 0.5) is 23.2 Å². The molecule has 0 radical (unpaired) electrons. The van der Waals surface area contributed by atoms with Gasteiger partial charge in [-0.1, -0.05) is 12.1 Å². The molecule has 0 spiro atoms. The summed E-state index contributed by atoms with van der Waals surface area (Å²) in [7, 11) is 1.47. The van der Waals surface area contributed by atoms with E-state index in [9.17, 15) is 22.4 Å². The van der Waals surface area contributed by atoms with Crippen LogP contribution in [-0.4, -0.2) is 26.2 Å². The van der Waals surface area contributed by atoms with Gasteiger partial charge in [-0.2, -0.15) is 13.2 Å². The molecule has 27 heavy (non-hydrogen) atoms. The largest absolute Gasteiger partial charge is 0.489 e. The van der Waals surface area contributed by atoms with Crippen molar-refractivity contribution in [2.24, 2.45) is 0 Å². The molecule has 0 aliphatic heterocycles. The lowest BCUT2D eigenvalue weighted by atomic mass is 10.1. The zero-order valence-corrected chi connectivity index (χ0v) is 14.6. The van der Waals surface area contributed by atoms with Crippen molar-refractivity contribution in [3.8, 4) is 5.75 Å². The molecule has 0 aliphatic carbocycles. The van der Waals surface area contributed by atoms with Gasteiger partial charge < -0.3 is 14.8 Å². The van der Waals surface area contributed by atoms with Gasteiger partial charge in [-0.25, -0.2) is 4.39 Å². The average Bonchev–Trinajstić information content (AvgIpc) is 2.62. The first-order valence-corrected chi connectivity index (χ1v) is 8.17. The molecular formula is C19H19F4NO3. The smallest absolute Gasteiger partial charge is 0.416 e. The van der Waals surface area contributed by atoms with E-state index in [2.05, 4.69) is 5.32 Å². The summed E-state index contributed by atoms with van der Waals surface area (Å²) >= 11 is 0. The molecule has 0 heterocycles. The fourth-order valence-electron chi connectivity index (χ4n) is 2.29. The van der Waals surface area contributed by atoms with Crippen molar-refractivity contribution in [3.05, 3.63) is 59.4 Å². The fourth-order valence-corrected chi connectivity index (χ4v) is 2.29. The highest BCUT2D eigenvalue weighted by atomic mass is 19.4. The molecule has 0 aliphatic rings. The Kier molecular flexibility index (Phi) is 7.18. The number of methoxy groups -OCH3 is 1. The number of aryl methyl sites for hydroxylation is 1. The van der Waals surface area contributed by atoms with E-state index in [4.69, 9.17) is 9.47 Å². The summed E-state index contributed by atoms with van der Waals surface area (Å²) in [6, 6.07) is 8.53. The van der Waals surface area contributed by atoms with Crippen LogP contribution in [0, 0.1) is 5.82 Å². The molecule has 0 atom stereocenters. The van der Waals surface area contributed by atoms with Gasteiger partial charge in [-0.15, -0.1) is 0 Å². The van der Waals surface area contributed by atoms with E-state index in [0.29, 0.717) is 6.42 Å². The Labute approximate surface area is 154 Å². The number of carbonyl (C=O) groups is 1. The van der Waals surface area contributed by atoms with Gasteiger partial charge in [0.2, 0.25) is 5.91 Å². The van der Waals surface area contributed by atoms with E-state index >= 15 is 0 Å². The molecule has 0 fully saturated rings. The second-order valence-corrected chi connectivity index (χ2v) is 5.72. The first-order chi connectivity index (χ1) is 12.8. The summed E-state index contributed by atoms with van der Waals surface area (Å²) in [5.74, 6) is -0.740. The third-order valence-electron chi connectivity index (χ3n) is 3.68. The predicted molar refractivity (Wildman–Crippen MR) is 92.2 cm³/mol. The van der Waals surface area contributed by atoms with Crippen LogP contribution in [0.15, 0.2) is 42.5 Å². The monoisotopic (exact) mass is 385 g/mol. The van der Waals surface area contributed by atoms with Crippen LogP contribution < -0.4 is 10.1 Å². The number of hydrogen-bond donors (Lipinski definition) is 1. The van der Waals surface area contributed by atoms with Gasteiger partial charge >= 0.3 is 6.18 Å². The van der Waals surface area contributed by atoms with Crippen molar-refractivity contribution >= 4 is 11.6 Å². The highest BCUT2D eigenvalue weighted by molar-refractivity contribution is 5.92. The van der Waals surface area contributed by atoms with Gasteiger partial charge in [0.25, 0.3) is 0 Å². The number of hydrogen-bond acceptors (Lipinski definition) is 3. The second kappa shape index (κ2) is 9.36. The summed E-state index contributed by atoms with van der Waals surface area (Å²) < 4.78 is 61.9. The van der Waals surface area contributed by atoms with Crippen LogP contribution in [0.5, 0.6) is 5.75 Å². The summed E-state index contributed by atoms with van der Waals surface area (Å²) in [5.41, 5.74) is -0.215. The molecule has 0 bridgehead atoms. The number of halogens is 4. The number of amides is 1. The highest BCUT2D eigenvalue weighted by Crippen LogP contribution is 2.35. The number of anilines is 1. The lowest BCUT2D eigenvalue weighted by Gasteiger charge is -2.15. The predicted octanol–water partition coefficient (Wildman–Crippen LogP) is 4.44. The minimum absolute atomic E-state index is 0.0272. The third-order valence-corrected chi connectivity index (χ3v) is 3.68. The number of rotatable bonds is 8. The molecule has 4 nitrogen and oxygen atoms in total. The van der Waals surface area contributed by atoms with E-state index in [1.54, 1.807) is 12.1 Å².